The average Bonchev–Trinajstić information content (AvgIpc) is 4.17. The number of hydrogen-bond donors (Lipinski definition) is 0. The van der Waals surface area contributed by atoms with E-state index in [1.165, 1.54) is 0 Å². The minimum Gasteiger partial charge on any atom is -0.492 e. The number of carbonyl (C=O) groups excluding carboxylic acids is 3. The van der Waals surface area contributed by atoms with Crippen LogP contribution in [0.4, 0.5) is 11.6 Å². The summed E-state index contributed by atoms with van der Waals surface area (Å²) in [6, 6.07) is 20.4. The molecule has 0 radical (unpaired) electrons. The van der Waals surface area contributed by atoms with Crippen molar-refractivity contribution in [3.8, 4) is 51.8 Å². The van der Waals surface area contributed by atoms with Crippen LogP contribution in [-0.2, 0) is 9.59 Å². The van der Waals surface area contributed by atoms with E-state index in [9.17, 15) is 24.9 Å². The third kappa shape index (κ3) is 9.70. The van der Waals surface area contributed by atoms with Crippen molar-refractivity contribution in [2.75, 3.05) is 62.3 Å². The number of hydrogen-bond acceptors (Lipinski definition) is 15. The molecule has 0 N–H and O–H groups in total. The molecule has 7 aliphatic heterocycles. The maximum absolute atomic E-state index is 13.3. The summed E-state index contributed by atoms with van der Waals surface area (Å²) in [6.07, 6.45) is 19.4. The Kier molecular flexibility index (Phi) is 14.3. The van der Waals surface area contributed by atoms with Crippen LogP contribution in [0.25, 0.3) is 33.3 Å². The lowest BCUT2D eigenvalue weighted by Gasteiger charge is -2.56. The molecule has 14 rings (SSSR count). The van der Waals surface area contributed by atoms with Gasteiger partial charge in [-0.1, -0.05) is 19.9 Å². The van der Waals surface area contributed by atoms with Crippen LogP contribution in [-0.4, -0.2) is 149 Å². The molecule has 6 fully saturated rings. The van der Waals surface area contributed by atoms with Crippen LogP contribution in [0.5, 0.6) is 17.4 Å². The van der Waals surface area contributed by atoms with E-state index < -0.39 is 0 Å². The van der Waals surface area contributed by atoms with Gasteiger partial charge in [-0.05, 0) is 75.6 Å². The fourth-order valence-corrected chi connectivity index (χ4v) is 11.3. The van der Waals surface area contributed by atoms with Crippen molar-refractivity contribution in [2.24, 2.45) is 0 Å². The second-order valence-electron chi connectivity index (χ2n) is 19.9. The molecule has 14 heterocycles. The molecule has 396 valence electrons. The summed E-state index contributed by atoms with van der Waals surface area (Å²) < 4.78 is 22.0. The third-order valence-corrected chi connectivity index (χ3v) is 14.9. The number of pyridine rings is 5. The fourth-order valence-electron chi connectivity index (χ4n) is 11.3. The molecule has 6 saturated heterocycles. The molecule has 0 spiro atoms. The van der Waals surface area contributed by atoms with Crippen LogP contribution in [0.1, 0.15) is 81.3 Å². The van der Waals surface area contributed by atoms with E-state index in [1.807, 2.05) is 86.3 Å². The monoisotopic (exact) mass is 1050 g/mol. The molecule has 7 aromatic rings. The van der Waals surface area contributed by atoms with Crippen molar-refractivity contribution >= 4 is 46.6 Å². The van der Waals surface area contributed by atoms with Crippen molar-refractivity contribution < 1.29 is 33.2 Å². The Morgan fingerprint density at radius 2 is 1.19 bits per heavy atom. The molecule has 4 bridgehead atoms. The fraction of sp³-hybridized carbons (Fsp3) is 0.362. The molecule has 20 heteroatoms. The Morgan fingerprint density at radius 1 is 0.654 bits per heavy atom. The van der Waals surface area contributed by atoms with Crippen LogP contribution < -0.4 is 24.0 Å². The zero-order chi connectivity index (χ0) is 54.0. The summed E-state index contributed by atoms with van der Waals surface area (Å²) in [6.45, 7) is 13.1. The Hall–Kier alpha value is -9.17. The highest BCUT2D eigenvalue weighted by molar-refractivity contribution is 6.13. The standard InChI is InChI=1S/C29H30N7O3.C29H29N7O3/c1-3-9-33-15-20(6-8-27(33)37)29(38)36-22-10-23(36)17-34(16-22)26-7-5-19(13-31-26)25-11-24(39-4-2)18-35-28(25)21(12-30)14-32-35;1-3-9-39-27-8-6-20(14-32-27)29(37)36-22-10-23(36)17-34(16-22)26-7-5-19(13-31-26)25-11-24(38-4-2)18-35-28(25)21(12-30)15-33-35/h5-7,11,13-15,18,22-23H,3-4,8-10,16-17H2,1-2H3;5-8,11,13-15,18,22-23H,3-4,9-10,16-17H2,1-2H3/q+1;. The van der Waals surface area contributed by atoms with Gasteiger partial charge in [-0.3, -0.25) is 9.59 Å². The summed E-state index contributed by atoms with van der Waals surface area (Å²) >= 11 is 0. The van der Waals surface area contributed by atoms with E-state index in [4.69, 9.17) is 24.2 Å². The number of aromatic nitrogens is 7. The first-order valence-corrected chi connectivity index (χ1v) is 26.7. The van der Waals surface area contributed by atoms with Gasteiger partial charge in [0.25, 0.3) is 11.8 Å². The van der Waals surface area contributed by atoms with Crippen LogP contribution in [0, 0.1) is 22.7 Å². The van der Waals surface area contributed by atoms with Gasteiger partial charge >= 0.3 is 5.91 Å². The first-order valence-electron chi connectivity index (χ1n) is 26.7. The molecule has 7 aromatic heterocycles. The van der Waals surface area contributed by atoms with Gasteiger partial charge in [-0.25, -0.2) is 28.8 Å². The van der Waals surface area contributed by atoms with E-state index in [0.29, 0.717) is 79.1 Å². The van der Waals surface area contributed by atoms with Gasteiger partial charge in [0, 0.05) is 79.5 Å². The average molecular weight is 1050 g/mol. The van der Waals surface area contributed by atoms with Crippen molar-refractivity contribution in [1.82, 2.24) is 44.0 Å². The van der Waals surface area contributed by atoms with E-state index in [-0.39, 0.29) is 48.3 Å². The first-order chi connectivity index (χ1) is 38.1. The summed E-state index contributed by atoms with van der Waals surface area (Å²) in [7, 11) is 0. The topological polar surface area (TPSA) is 216 Å². The lowest BCUT2D eigenvalue weighted by atomic mass is 9.86. The molecular weight excluding hydrogens is 989 g/mol. The minimum atomic E-state index is 0.0140. The second kappa shape index (κ2) is 21.8. The van der Waals surface area contributed by atoms with Gasteiger partial charge in [-0.15, -0.1) is 0 Å². The summed E-state index contributed by atoms with van der Waals surface area (Å²) in [4.78, 5) is 60.9. The number of amides is 3. The van der Waals surface area contributed by atoms with E-state index in [0.717, 1.165) is 83.7 Å². The van der Waals surface area contributed by atoms with Crippen molar-refractivity contribution in [2.45, 2.75) is 84.0 Å². The predicted octanol–water partition coefficient (Wildman–Crippen LogP) is 6.76. The maximum Gasteiger partial charge on any atom is 0.390 e. The molecule has 0 aromatic carbocycles. The first kappa shape index (κ1) is 51.0. The molecule has 78 heavy (non-hydrogen) atoms. The number of nitrogens with zero attached hydrogens (tertiary/aromatic N) is 14. The van der Waals surface area contributed by atoms with Crippen molar-refractivity contribution in [3.63, 3.8) is 0 Å². The van der Waals surface area contributed by atoms with Crippen LogP contribution in [0.3, 0.4) is 0 Å². The zero-order valence-electron chi connectivity index (χ0n) is 44.0. The molecule has 3 amide bonds. The quantitative estimate of drug-likeness (QED) is 0.0970. The highest BCUT2D eigenvalue weighted by atomic mass is 16.5. The smallest absolute Gasteiger partial charge is 0.390 e. The minimum absolute atomic E-state index is 0.0140. The lowest BCUT2D eigenvalue weighted by molar-refractivity contribution is -0.445. The summed E-state index contributed by atoms with van der Waals surface area (Å²) in [5, 5.41) is 27.8. The number of rotatable bonds is 15. The molecule has 0 saturated carbocycles. The van der Waals surface area contributed by atoms with Crippen LogP contribution in [0.2, 0.25) is 0 Å². The van der Waals surface area contributed by atoms with E-state index in [2.05, 4.69) is 37.1 Å². The van der Waals surface area contributed by atoms with E-state index in [1.54, 1.807) is 69.0 Å². The van der Waals surface area contributed by atoms with Gasteiger partial charge in [0.2, 0.25) is 5.88 Å². The summed E-state index contributed by atoms with van der Waals surface area (Å²) in [5.41, 5.74) is 7.05. The molecule has 4 unspecified atom stereocenters. The number of carbonyl (C=O) groups is 3. The zero-order valence-corrected chi connectivity index (χ0v) is 44.0. The second-order valence-corrected chi connectivity index (χ2v) is 19.9. The number of piperazine rings is 2. The molecule has 4 atom stereocenters. The van der Waals surface area contributed by atoms with Crippen molar-refractivity contribution in [1.29, 1.82) is 10.5 Å². The van der Waals surface area contributed by atoms with Gasteiger partial charge in [0.15, 0.2) is 12.8 Å². The highest BCUT2D eigenvalue weighted by Gasteiger charge is 2.49. The van der Waals surface area contributed by atoms with Gasteiger partial charge in [-0.2, -0.15) is 25.3 Å². The van der Waals surface area contributed by atoms with Crippen molar-refractivity contribution in [3.05, 3.63) is 120 Å². The lowest BCUT2D eigenvalue weighted by Crippen LogP contribution is -2.70. The summed E-state index contributed by atoms with van der Waals surface area (Å²) in [5.74, 6) is 3.68. The van der Waals surface area contributed by atoms with Gasteiger partial charge in [0.05, 0.1) is 103 Å². The Morgan fingerprint density at radius 3 is 1.64 bits per heavy atom. The van der Waals surface area contributed by atoms with Crippen LogP contribution >= 0.6 is 0 Å². The van der Waals surface area contributed by atoms with Gasteiger partial charge in [0.1, 0.15) is 40.8 Å². The SMILES string of the molecule is CCCOc1ccc(C(=O)N2C3CC2CN(c2ccc(-c4cc(OCC)cn5ncc(C#N)c45)cn2)C3)cn1.CCC[N+]1=CC(C(=O)N2C3CC2CN(c2ccc(-c4cc(OCC)cn5ncc(C#N)c45)cn2)C3)=CCC1=O. The number of anilines is 2. The molecule has 7 aliphatic rings. The number of nitriles is 2. The largest absolute Gasteiger partial charge is 0.492 e. The Balaban J connectivity index is 0.000000165. The van der Waals surface area contributed by atoms with Crippen LogP contribution in [0.15, 0.2) is 104 Å². The normalized spacial score (nSPS) is 19.1. The Bertz CT molecular complexity index is 3550. The number of piperidine rings is 2. The maximum atomic E-state index is 13.3. The molecule has 20 nitrogen and oxygen atoms in total. The van der Waals surface area contributed by atoms with E-state index >= 15 is 0 Å². The van der Waals surface area contributed by atoms with Gasteiger partial charge < -0.3 is 33.8 Å². The predicted molar refractivity (Wildman–Crippen MR) is 290 cm³/mol. The molecular formula is C58H59N14O6+. The highest BCUT2D eigenvalue weighted by Crippen LogP contribution is 2.39. The third-order valence-electron chi connectivity index (χ3n) is 14.9. The Labute approximate surface area is 451 Å². The number of fused-ring (bicyclic) bond motifs is 6. The number of ether oxygens (including phenoxy) is 3. The molecule has 0 aliphatic carbocycles.